The summed E-state index contributed by atoms with van der Waals surface area (Å²) in [6, 6.07) is 8.71. The summed E-state index contributed by atoms with van der Waals surface area (Å²) in [6.07, 6.45) is 6.64. The van der Waals surface area contributed by atoms with Gasteiger partial charge in [0.15, 0.2) is 0 Å². The molecule has 2 aromatic heterocycles. The highest BCUT2D eigenvalue weighted by Crippen LogP contribution is 2.15. The van der Waals surface area contributed by atoms with E-state index in [1.807, 2.05) is 18.6 Å². The van der Waals surface area contributed by atoms with Crippen LogP contribution in [0.25, 0.3) is 0 Å². The summed E-state index contributed by atoms with van der Waals surface area (Å²) in [6.45, 7) is 6.19. The predicted octanol–water partition coefficient (Wildman–Crippen LogP) is 2.83. The maximum Gasteiger partial charge on any atom is 0.128 e. The molecule has 0 aliphatic rings. The maximum absolute atomic E-state index is 4.57. The fourth-order valence-corrected chi connectivity index (χ4v) is 2.26. The molecule has 4 heteroatoms. The standard InChI is InChI=1S/C17H24N4/c1-4-19-14(2)16-5-6-17(20-13-16)21(3)12-9-15-7-10-18-11-8-15/h5-8,10-11,13-14,19H,4,9,12H2,1-3H3. The first kappa shape index (κ1) is 15.4. The van der Waals surface area contributed by atoms with Crippen LogP contribution in [-0.2, 0) is 6.42 Å². The molecule has 2 heterocycles. The molecule has 0 radical (unpaired) electrons. The quantitative estimate of drug-likeness (QED) is 0.849. The normalized spacial score (nSPS) is 12.1. The van der Waals surface area contributed by atoms with E-state index in [-0.39, 0.29) is 0 Å². The van der Waals surface area contributed by atoms with E-state index in [1.54, 1.807) is 0 Å². The summed E-state index contributed by atoms with van der Waals surface area (Å²) in [7, 11) is 2.08. The SMILES string of the molecule is CCNC(C)c1ccc(N(C)CCc2ccncc2)nc1. The second-order valence-electron chi connectivity index (χ2n) is 5.26. The zero-order valence-electron chi connectivity index (χ0n) is 13.1. The first-order valence-corrected chi connectivity index (χ1v) is 7.50. The number of aromatic nitrogens is 2. The van der Waals surface area contributed by atoms with Crippen LogP contribution in [0.15, 0.2) is 42.9 Å². The van der Waals surface area contributed by atoms with Gasteiger partial charge in [-0.2, -0.15) is 0 Å². The number of rotatable bonds is 7. The number of likely N-dealkylation sites (N-methyl/N-ethyl adjacent to an activating group) is 1. The van der Waals surface area contributed by atoms with Crippen molar-refractivity contribution < 1.29 is 0 Å². The van der Waals surface area contributed by atoms with Crippen LogP contribution in [0.2, 0.25) is 0 Å². The van der Waals surface area contributed by atoms with E-state index in [0.29, 0.717) is 6.04 Å². The Hall–Kier alpha value is -1.94. The third-order valence-corrected chi connectivity index (χ3v) is 3.66. The van der Waals surface area contributed by atoms with Gasteiger partial charge in [-0.1, -0.05) is 13.0 Å². The minimum absolute atomic E-state index is 0.346. The Bertz CT molecular complexity index is 524. The van der Waals surface area contributed by atoms with Gasteiger partial charge in [0.05, 0.1) is 0 Å². The highest BCUT2D eigenvalue weighted by atomic mass is 15.2. The molecule has 0 fully saturated rings. The first-order chi connectivity index (χ1) is 10.2. The summed E-state index contributed by atoms with van der Waals surface area (Å²) in [4.78, 5) is 10.8. The van der Waals surface area contributed by atoms with Crippen LogP contribution in [0, 0.1) is 0 Å². The van der Waals surface area contributed by atoms with Gasteiger partial charge in [0.2, 0.25) is 0 Å². The van der Waals surface area contributed by atoms with Crippen LogP contribution < -0.4 is 10.2 Å². The van der Waals surface area contributed by atoms with Gasteiger partial charge in [-0.25, -0.2) is 4.98 Å². The molecule has 21 heavy (non-hydrogen) atoms. The summed E-state index contributed by atoms with van der Waals surface area (Å²) in [5.74, 6) is 1.01. The molecule has 0 amide bonds. The van der Waals surface area contributed by atoms with Crippen LogP contribution in [0.5, 0.6) is 0 Å². The van der Waals surface area contributed by atoms with Crippen molar-refractivity contribution in [2.45, 2.75) is 26.3 Å². The molecule has 0 saturated carbocycles. The van der Waals surface area contributed by atoms with Crippen molar-refractivity contribution in [3.8, 4) is 0 Å². The Morgan fingerprint density at radius 1 is 1.19 bits per heavy atom. The number of nitrogens with one attached hydrogen (secondary N) is 1. The molecule has 1 N–H and O–H groups in total. The van der Waals surface area contributed by atoms with E-state index in [2.05, 4.69) is 65.3 Å². The van der Waals surface area contributed by atoms with Crippen LogP contribution in [0.1, 0.15) is 31.0 Å². The minimum atomic E-state index is 0.346. The molecule has 1 atom stereocenters. The van der Waals surface area contributed by atoms with Gasteiger partial charge in [-0.3, -0.25) is 4.98 Å². The molecule has 0 aliphatic carbocycles. The van der Waals surface area contributed by atoms with Gasteiger partial charge in [0, 0.05) is 38.2 Å². The number of nitrogens with zero attached hydrogens (tertiary/aromatic N) is 3. The van der Waals surface area contributed by atoms with E-state index in [9.17, 15) is 0 Å². The van der Waals surface area contributed by atoms with Gasteiger partial charge in [-0.05, 0) is 49.2 Å². The number of hydrogen-bond donors (Lipinski definition) is 1. The molecule has 4 nitrogen and oxygen atoms in total. The average molecular weight is 284 g/mol. The third kappa shape index (κ3) is 4.53. The Balaban J connectivity index is 1.92. The summed E-state index contributed by atoms with van der Waals surface area (Å²) in [5.41, 5.74) is 2.53. The van der Waals surface area contributed by atoms with Crippen molar-refractivity contribution in [1.29, 1.82) is 0 Å². The lowest BCUT2D eigenvalue weighted by Gasteiger charge is -2.19. The predicted molar refractivity (Wildman–Crippen MR) is 87.5 cm³/mol. The first-order valence-electron chi connectivity index (χ1n) is 7.50. The molecular formula is C17H24N4. The van der Waals surface area contributed by atoms with Crippen LogP contribution in [0.4, 0.5) is 5.82 Å². The molecule has 0 bridgehead atoms. The lowest BCUT2D eigenvalue weighted by atomic mass is 10.1. The Morgan fingerprint density at radius 2 is 1.95 bits per heavy atom. The molecule has 2 rings (SSSR count). The smallest absolute Gasteiger partial charge is 0.128 e. The third-order valence-electron chi connectivity index (χ3n) is 3.66. The second-order valence-corrected chi connectivity index (χ2v) is 5.26. The highest BCUT2D eigenvalue weighted by molar-refractivity contribution is 5.39. The van der Waals surface area contributed by atoms with Crippen LogP contribution >= 0.6 is 0 Å². The molecule has 0 saturated heterocycles. The summed E-state index contributed by atoms with van der Waals surface area (Å²) < 4.78 is 0. The summed E-state index contributed by atoms with van der Waals surface area (Å²) in [5, 5.41) is 3.40. The summed E-state index contributed by atoms with van der Waals surface area (Å²) >= 11 is 0. The maximum atomic E-state index is 4.57. The molecule has 0 aromatic carbocycles. The van der Waals surface area contributed by atoms with Crippen molar-refractivity contribution >= 4 is 5.82 Å². The fourth-order valence-electron chi connectivity index (χ4n) is 2.26. The van der Waals surface area contributed by atoms with Crippen LogP contribution in [-0.4, -0.2) is 30.1 Å². The molecule has 2 aromatic rings. The van der Waals surface area contributed by atoms with Gasteiger partial charge in [-0.15, -0.1) is 0 Å². The van der Waals surface area contributed by atoms with Crippen molar-refractivity contribution in [2.75, 3.05) is 25.0 Å². The van der Waals surface area contributed by atoms with E-state index >= 15 is 0 Å². The van der Waals surface area contributed by atoms with Crippen LogP contribution in [0.3, 0.4) is 0 Å². The molecule has 112 valence electrons. The van der Waals surface area contributed by atoms with Gasteiger partial charge >= 0.3 is 0 Å². The monoisotopic (exact) mass is 284 g/mol. The number of pyridine rings is 2. The van der Waals surface area contributed by atoms with E-state index in [4.69, 9.17) is 0 Å². The van der Waals surface area contributed by atoms with E-state index in [0.717, 1.165) is 25.3 Å². The number of anilines is 1. The zero-order chi connectivity index (χ0) is 15.1. The van der Waals surface area contributed by atoms with Gasteiger partial charge in [0.1, 0.15) is 5.82 Å². The van der Waals surface area contributed by atoms with E-state index < -0.39 is 0 Å². The molecular weight excluding hydrogens is 260 g/mol. The minimum Gasteiger partial charge on any atom is -0.359 e. The van der Waals surface area contributed by atoms with Crippen molar-refractivity contribution in [3.63, 3.8) is 0 Å². The Kier molecular flexibility index (Phi) is 5.69. The Morgan fingerprint density at radius 3 is 2.57 bits per heavy atom. The molecule has 1 unspecified atom stereocenters. The highest BCUT2D eigenvalue weighted by Gasteiger charge is 2.06. The van der Waals surface area contributed by atoms with Crippen molar-refractivity contribution in [1.82, 2.24) is 15.3 Å². The topological polar surface area (TPSA) is 41.0 Å². The lowest BCUT2D eigenvalue weighted by molar-refractivity contribution is 0.596. The van der Waals surface area contributed by atoms with Crippen molar-refractivity contribution in [3.05, 3.63) is 54.0 Å². The molecule has 0 aliphatic heterocycles. The Labute approximate surface area is 127 Å². The van der Waals surface area contributed by atoms with E-state index in [1.165, 1.54) is 11.1 Å². The van der Waals surface area contributed by atoms with Crippen molar-refractivity contribution in [2.24, 2.45) is 0 Å². The van der Waals surface area contributed by atoms with Gasteiger partial charge in [0.25, 0.3) is 0 Å². The average Bonchev–Trinajstić information content (AvgIpc) is 2.54. The molecule has 0 spiro atoms. The largest absolute Gasteiger partial charge is 0.359 e. The lowest BCUT2D eigenvalue weighted by Crippen LogP contribution is -2.22. The van der Waals surface area contributed by atoms with Gasteiger partial charge < -0.3 is 10.2 Å². The number of hydrogen-bond acceptors (Lipinski definition) is 4. The second kappa shape index (κ2) is 7.74. The fraction of sp³-hybridized carbons (Fsp3) is 0.412. The zero-order valence-corrected chi connectivity index (χ0v) is 13.1.